The van der Waals surface area contributed by atoms with Crippen LogP contribution in [-0.4, -0.2) is 6.61 Å². The fraction of sp³-hybridized carbons (Fsp3) is 0.176. The van der Waals surface area contributed by atoms with Crippen LogP contribution in [0.2, 0.25) is 10.0 Å². The van der Waals surface area contributed by atoms with Crippen LogP contribution in [0.25, 0.3) is 0 Å². The number of benzene rings is 2. The number of aryl methyl sites for hydroxylation is 1. The number of rotatable bonds is 5. The minimum Gasteiger partial charge on any atom is -0.478 e. The molecule has 21 heavy (non-hydrogen) atoms. The van der Waals surface area contributed by atoms with E-state index in [0.29, 0.717) is 22.3 Å². The first-order chi connectivity index (χ1) is 10.1. The Labute approximate surface area is 135 Å². The number of halogens is 2. The predicted octanol–water partition coefficient (Wildman–Crippen LogP) is 4.93. The standard InChI is InChI=1S/C17H15Cl2NO/c1-3-8-21-17-14(18)9-13(10-15(17)19)11-20-16-7-5-4-6-12(16)2/h1,4-7,9-10,20H,8,11H2,2H3. The van der Waals surface area contributed by atoms with Crippen molar-refractivity contribution >= 4 is 28.9 Å². The minimum atomic E-state index is 0.139. The Morgan fingerprint density at radius 1 is 1.19 bits per heavy atom. The van der Waals surface area contributed by atoms with Gasteiger partial charge in [0.15, 0.2) is 5.75 Å². The van der Waals surface area contributed by atoms with Gasteiger partial charge in [0.05, 0.1) is 10.0 Å². The summed E-state index contributed by atoms with van der Waals surface area (Å²) in [7, 11) is 0. The van der Waals surface area contributed by atoms with Crippen LogP contribution in [0.5, 0.6) is 5.75 Å². The fourth-order valence-electron chi connectivity index (χ4n) is 1.93. The first-order valence-electron chi connectivity index (χ1n) is 6.45. The molecule has 0 aromatic heterocycles. The van der Waals surface area contributed by atoms with E-state index in [1.807, 2.05) is 30.3 Å². The lowest BCUT2D eigenvalue weighted by atomic mass is 10.1. The molecule has 0 heterocycles. The highest BCUT2D eigenvalue weighted by molar-refractivity contribution is 6.37. The number of ether oxygens (including phenoxy) is 1. The van der Waals surface area contributed by atoms with Gasteiger partial charge in [-0.3, -0.25) is 0 Å². The van der Waals surface area contributed by atoms with Gasteiger partial charge in [0, 0.05) is 12.2 Å². The molecule has 0 aliphatic rings. The van der Waals surface area contributed by atoms with Crippen LogP contribution in [0.4, 0.5) is 5.69 Å². The molecule has 0 spiro atoms. The molecule has 2 aromatic rings. The van der Waals surface area contributed by atoms with Crippen molar-refractivity contribution in [2.75, 3.05) is 11.9 Å². The summed E-state index contributed by atoms with van der Waals surface area (Å²) in [6, 6.07) is 11.7. The second-order valence-corrected chi connectivity index (χ2v) is 5.36. The van der Waals surface area contributed by atoms with Gasteiger partial charge in [-0.15, -0.1) is 6.42 Å². The van der Waals surface area contributed by atoms with Crippen molar-refractivity contribution in [1.29, 1.82) is 0 Å². The van der Waals surface area contributed by atoms with Crippen molar-refractivity contribution in [3.05, 3.63) is 57.6 Å². The van der Waals surface area contributed by atoms with Gasteiger partial charge >= 0.3 is 0 Å². The maximum absolute atomic E-state index is 6.18. The highest BCUT2D eigenvalue weighted by Crippen LogP contribution is 2.34. The predicted molar refractivity (Wildman–Crippen MR) is 89.3 cm³/mol. The molecular formula is C17H15Cl2NO. The van der Waals surface area contributed by atoms with Crippen molar-refractivity contribution in [2.24, 2.45) is 0 Å². The van der Waals surface area contributed by atoms with Gasteiger partial charge in [-0.2, -0.15) is 0 Å². The SMILES string of the molecule is C#CCOc1c(Cl)cc(CNc2ccccc2C)cc1Cl. The van der Waals surface area contributed by atoms with Crippen LogP contribution in [0.1, 0.15) is 11.1 Å². The Kier molecular flexibility index (Phi) is 5.38. The van der Waals surface area contributed by atoms with Crippen molar-refractivity contribution in [3.8, 4) is 18.1 Å². The highest BCUT2D eigenvalue weighted by atomic mass is 35.5. The van der Waals surface area contributed by atoms with E-state index in [0.717, 1.165) is 11.3 Å². The average Bonchev–Trinajstić information content (AvgIpc) is 2.46. The largest absolute Gasteiger partial charge is 0.478 e. The number of nitrogens with one attached hydrogen (secondary N) is 1. The molecule has 0 aliphatic carbocycles. The maximum Gasteiger partial charge on any atom is 0.157 e. The van der Waals surface area contributed by atoms with E-state index >= 15 is 0 Å². The summed E-state index contributed by atoms with van der Waals surface area (Å²) in [5, 5.41) is 4.27. The number of hydrogen-bond acceptors (Lipinski definition) is 2. The second kappa shape index (κ2) is 7.26. The summed E-state index contributed by atoms with van der Waals surface area (Å²) in [5.41, 5.74) is 3.24. The molecule has 0 saturated heterocycles. The zero-order valence-corrected chi connectivity index (χ0v) is 13.1. The van der Waals surface area contributed by atoms with Crippen molar-refractivity contribution in [1.82, 2.24) is 0 Å². The van der Waals surface area contributed by atoms with E-state index < -0.39 is 0 Å². The number of anilines is 1. The number of para-hydroxylation sites is 1. The summed E-state index contributed by atoms with van der Waals surface area (Å²) in [6.45, 7) is 2.82. The van der Waals surface area contributed by atoms with Gasteiger partial charge in [0.2, 0.25) is 0 Å². The second-order valence-electron chi connectivity index (χ2n) is 4.55. The minimum absolute atomic E-state index is 0.139. The first kappa shape index (κ1) is 15.6. The lowest BCUT2D eigenvalue weighted by Gasteiger charge is -2.12. The molecule has 0 aliphatic heterocycles. The Balaban J connectivity index is 2.12. The molecule has 2 nitrogen and oxygen atoms in total. The van der Waals surface area contributed by atoms with Crippen LogP contribution >= 0.6 is 23.2 Å². The first-order valence-corrected chi connectivity index (χ1v) is 7.21. The Hall–Kier alpha value is -1.82. The maximum atomic E-state index is 6.18. The quantitative estimate of drug-likeness (QED) is 0.789. The van der Waals surface area contributed by atoms with Crippen LogP contribution in [0.3, 0.4) is 0 Å². The van der Waals surface area contributed by atoms with E-state index in [1.165, 1.54) is 5.56 Å². The van der Waals surface area contributed by atoms with E-state index in [1.54, 1.807) is 0 Å². The van der Waals surface area contributed by atoms with Crippen LogP contribution in [0, 0.1) is 19.3 Å². The molecule has 0 bridgehead atoms. The van der Waals surface area contributed by atoms with Crippen molar-refractivity contribution < 1.29 is 4.74 Å². The Bertz CT molecular complexity index is 654. The van der Waals surface area contributed by atoms with Gasteiger partial charge in [0.25, 0.3) is 0 Å². The molecule has 0 unspecified atom stereocenters. The lowest BCUT2D eigenvalue weighted by Crippen LogP contribution is -2.02. The summed E-state index contributed by atoms with van der Waals surface area (Å²) < 4.78 is 5.33. The zero-order chi connectivity index (χ0) is 15.2. The molecule has 0 saturated carbocycles. The smallest absolute Gasteiger partial charge is 0.157 e. The third-order valence-electron chi connectivity index (χ3n) is 2.99. The molecule has 2 aromatic carbocycles. The van der Waals surface area contributed by atoms with Crippen LogP contribution < -0.4 is 10.1 Å². The van der Waals surface area contributed by atoms with Crippen LogP contribution in [0.15, 0.2) is 36.4 Å². The zero-order valence-electron chi connectivity index (χ0n) is 11.6. The number of hydrogen-bond donors (Lipinski definition) is 1. The highest BCUT2D eigenvalue weighted by Gasteiger charge is 2.09. The molecule has 0 radical (unpaired) electrons. The molecule has 1 N–H and O–H groups in total. The lowest BCUT2D eigenvalue weighted by molar-refractivity contribution is 0.371. The Morgan fingerprint density at radius 2 is 1.86 bits per heavy atom. The normalized spacial score (nSPS) is 10.0. The van der Waals surface area contributed by atoms with E-state index in [-0.39, 0.29) is 6.61 Å². The summed E-state index contributed by atoms with van der Waals surface area (Å²) in [4.78, 5) is 0. The number of terminal acetylenes is 1. The van der Waals surface area contributed by atoms with Crippen molar-refractivity contribution in [2.45, 2.75) is 13.5 Å². The Morgan fingerprint density at radius 3 is 2.48 bits per heavy atom. The molecule has 4 heteroatoms. The van der Waals surface area contributed by atoms with Gasteiger partial charge in [-0.05, 0) is 36.2 Å². The van der Waals surface area contributed by atoms with Gasteiger partial charge in [-0.25, -0.2) is 0 Å². The molecule has 0 fully saturated rings. The van der Waals surface area contributed by atoms with Crippen LogP contribution in [-0.2, 0) is 6.54 Å². The molecule has 108 valence electrons. The monoisotopic (exact) mass is 319 g/mol. The van der Waals surface area contributed by atoms with Gasteiger partial charge < -0.3 is 10.1 Å². The summed E-state index contributed by atoms with van der Waals surface area (Å²) >= 11 is 12.4. The van der Waals surface area contributed by atoms with E-state index in [4.69, 9.17) is 34.4 Å². The summed E-state index contributed by atoms with van der Waals surface area (Å²) in [5.74, 6) is 2.81. The van der Waals surface area contributed by atoms with Crippen molar-refractivity contribution in [3.63, 3.8) is 0 Å². The van der Waals surface area contributed by atoms with E-state index in [9.17, 15) is 0 Å². The van der Waals surface area contributed by atoms with Gasteiger partial charge in [0.1, 0.15) is 6.61 Å². The topological polar surface area (TPSA) is 21.3 Å². The molecule has 0 amide bonds. The molecular weight excluding hydrogens is 305 g/mol. The summed E-state index contributed by atoms with van der Waals surface area (Å²) in [6.07, 6.45) is 5.16. The van der Waals surface area contributed by atoms with Gasteiger partial charge in [-0.1, -0.05) is 47.3 Å². The third kappa shape index (κ3) is 4.07. The molecule has 0 atom stereocenters. The van der Waals surface area contributed by atoms with E-state index in [2.05, 4.69) is 24.2 Å². The fourth-order valence-corrected chi connectivity index (χ4v) is 2.58. The molecule has 2 rings (SSSR count). The average molecular weight is 320 g/mol. The third-order valence-corrected chi connectivity index (χ3v) is 3.55.